The van der Waals surface area contributed by atoms with E-state index in [1.807, 2.05) is 18.2 Å². The van der Waals surface area contributed by atoms with Crippen LogP contribution in [0.25, 0.3) is 0 Å². The van der Waals surface area contributed by atoms with Crippen LogP contribution in [0.1, 0.15) is 37.7 Å². The lowest BCUT2D eigenvalue weighted by Gasteiger charge is -2.15. The van der Waals surface area contributed by atoms with E-state index in [1.54, 1.807) is 7.11 Å². The van der Waals surface area contributed by atoms with Gasteiger partial charge in [-0.1, -0.05) is 6.07 Å². The molecule has 1 amide bonds. The SMILES string of the molecule is COc1cc(CNC(=O)CC2CCCO2)ccc1OCC1CCCO1. The van der Waals surface area contributed by atoms with E-state index >= 15 is 0 Å². The van der Waals surface area contributed by atoms with Crippen molar-refractivity contribution in [2.24, 2.45) is 0 Å². The fraction of sp³-hybridized carbons (Fsp3) is 0.632. The highest BCUT2D eigenvalue weighted by Crippen LogP contribution is 2.29. The van der Waals surface area contributed by atoms with E-state index in [9.17, 15) is 4.79 Å². The molecular formula is C19H27NO5. The number of benzene rings is 1. The molecule has 25 heavy (non-hydrogen) atoms. The van der Waals surface area contributed by atoms with E-state index < -0.39 is 0 Å². The molecular weight excluding hydrogens is 322 g/mol. The number of carbonyl (C=O) groups is 1. The summed E-state index contributed by atoms with van der Waals surface area (Å²) in [6, 6.07) is 5.73. The van der Waals surface area contributed by atoms with Gasteiger partial charge in [-0.25, -0.2) is 0 Å². The van der Waals surface area contributed by atoms with Crippen LogP contribution in [0.15, 0.2) is 18.2 Å². The second-order valence-corrected chi connectivity index (χ2v) is 6.55. The Kier molecular flexibility index (Phi) is 6.53. The van der Waals surface area contributed by atoms with Gasteiger partial charge in [0, 0.05) is 19.8 Å². The van der Waals surface area contributed by atoms with Gasteiger partial charge in [-0.3, -0.25) is 4.79 Å². The van der Waals surface area contributed by atoms with Gasteiger partial charge in [-0.05, 0) is 43.4 Å². The van der Waals surface area contributed by atoms with Gasteiger partial charge in [0.1, 0.15) is 6.61 Å². The standard InChI is InChI=1S/C19H27NO5/c1-22-18-10-14(12-20-19(21)11-15-4-2-8-23-15)6-7-17(18)25-13-16-5-3-9-24-16/h6-7,10,15-16H,2-5,8-9,11-13H2,1H3,(H,20,21). The van der Waals surface area contributed by atoms with Crippen molar-refractivity contribution in [2.45, 2.75) is 50.9 Å². The molecule has 0 spiro atoms. The Hall–Kier alpha value is -1.79. The number of hydrogen-bond donors (Lipinski definition) is 1. The third-order valence-electron chi connectivity index (χ3n) is 4.60. The Morgan fingerprint density at radius 3 is 2.60 bits per heavy atom. The van der Waals surface area contributed by atoms with Crippen LogP contribution in [0.2, 0.25) is 0 Å². The van der Waals surface area contributed by atoms with E-state index in [1.165, 1.54) is 0 Å². The van der Waals surface area contributed by atoms with Gasteiger partial charge < -0.3 is 24.3 Å². The van der Waals surface area contributed by atoms with Crippen LogP contribution in [0.4, 0.5) is 0 Å². The quantitative estimate of drug-likeness (QED) is 0.781. The smallest absolute Gasteiger partial charge is 0.222 e. The number of hydrogen-bond acceptors (Lipinski definition) is 5. The first-order chi connectivity index (χ1) is 12.2. The highest BCUT2D eigenvalue weighted by atomic mass is 16.5. The normalized spacial score (nSPS) is 22.8. The van der Waals surface area contributed by atoms with Crippen molar-refractivity contribution in [3.8, 4) is 11.5 Å². The Morgan fingerprint density at radius 1 is 1.16 bits per heavy atom. The second-order valence-electron chi connectivity index (χ2n) is 6.55. The summed E-state index contributed by atoms with van der Waals surface area (Å²) in [5, 5.41) is 2.94. The minimum atomic E-state index is 0.0181. The largest absolute Gasteiger partial charge is 0.493 e. The summed E-state index contributed by atoms with van der Waals surface area (Å²) in [5.41, 5.74) is 0.974. The van der Waals surface area contributed by atoms with Crippen molar-refractivity contribution in [1.29, 1.82) is 0 Å². The molecule has 2 atom stereocenters. The van der Waals surface area contributed by atoms with Crippen LogP contribution in [0.5, 0.6) is 11.5 Å². The van der Waals surface area contributed by atoms with Crippen molar-refractivity contribution >= 4 is 5.91 Å². The highest BCUT2D eigenvalue weighted by molar-refractivity contribution is 5.76. The van der Waals surface area contributed by atoms with E-state index in [0.29, 0.717) is 31.1 Å². The zero-order valence-electron chi connectivity index (χ0n) is 14.8. The molecule has 3 rings (SSSR count). The molecule has 2 fully saturated rings. The highest BCUT2D eigenvalue weighted by Gasteiger charge is 2.19. The summed E-state index contributed by atoms with van der Waals surface area (Å²) in [4.78, 5) is 12.0. The van der Waals surface area contributed by atoms with Crippen LogP contribution in [-0.2, 0) is 20.8 Å². The third-order valence-corrected chi connectivity index (χ3v) is 4.60. The molecule has 0 bridgehead atoms. The van der Waals surface area contributed by atoms with Gasteiger partial charge in [0.25, 0.3) is 0 Å². The Bertz CT molecular complexity index is 565. The molecule has 1 N–H and O–H groups in total. The van der Waals surface area contributed by atoms with E-state index in [4.69, 9.17) is 18.9 Å². The summed E-state index contributed by atoms with van der Waals surface area (Å²) in [6.07, 6.45) is 4.82. The van der Waals surface area contributed by atoms with Crippen LogP contribution in [-0.4, -0.2) is 45.0 Å². The second kappa shape index (κ2) is 9.06. The van der Waals surface area contributed by atoms with Crippen molar-refractivity contribution in [3.63, 3.8) is 0 Å². The lowest BCUT2D eigenvalue weighted by atomic mass is 10.1. The van der Waals surface area contributed by atoms with Gasteiger partial charge >= 0.3 is 0 Å². The molecule has 2 aliphatic heterocycles. The van der Waals surface area contributed by atoms with Crippen LogP contribution >= 0.6 is 0 Å². The molecule has 2 aliphatic rings. The minimum Gasteiger partial charge on any atom is -0.493 e. The molecule has 0 radical (unpaired) electrons. The number of ether oxygens (including phenoxy) is 4. The van der Waals surface area contributed by atoms with Gasteiger partial charge in [0.2, 0.25) is 5.91 Å². The van der Waals surface area contributed by atoms with Gasteiger partial charge in [0.05, 0.1) is 25.7 Å². The number of rotatable bonds is 8. The van der Waals surface area contributed by atoms with E-state index in [-0.39, 0.29) is 18.1 Å². The first-order valence-electron chi connectivity index (χ1n) is 9.04. The summed E-state index contributed by atoms with van der Waals surface area (Å²) < 4.78 is 22.3. The molecule has 1 aromatic carbocycles. The lowest BCUT2D eigenvalue weighted by molar-refractivity contribution is -0.123. The molecule has 2 unspecified atom stereocenters. The van der Waals surface area contributed by atoms with Crippen LogP contribution in [0, 0.1) is 0 Å². The number of carbonyl (C=O) groups excluding carboxylic acids is 1. The summed E-state index contributed by atoms with van der Waals surface area (Å²) in [5.74, 6) is 1.39. The molecule has 6 heteroatoms. The molecule has 1 aromatic rings. The van der Waals surface area contributed by atoms with Crippen molar-refractivity contribution < 1.29 is 23.7 Å². The van der Waals surface area contributed by atoms with Gasteiger partial charge in [-0.15, -0.1) is 0 Å². The fourth-order valence-electron chi connectivity index (χ4n) is 3.18. The maximum Gasteiger partial charge on any atom is 0.222 e. The van der Waals surface area contributed by atoms with Crippen molar-refractivity contribution in [2.75, 3.05) is 26.9 Å². The summed E-state index contributed by atoms with van der Waals surface area (Å²) in [6.45, 7) is 2.58. The molecule has 0 aliphatic carbocycles. The van der Waals surface area contributed by atoms with Gasteiger partial charge in [-0.2, -0.15) is 0 Å². The maximum absolute atomic E-state index is 12.0. The first-order valence-corrected chi connectivity index (χ1v) is 9.04. The molecule has 6 nitrogen and oxygen atoms in total. The fourth-order valence-corrected chi connectivity index (χ4v) is 3.18. The Balaban J connectivity index is 1.48. The predicted molar refractivity (Wildman–Crippen MR) is 92.9 cm³/mol. The van der Waals surface area contributed by atoms with E-state index in [0.717, 1.165) is 44.5 Å². The number of nitrogens with one attached hydrogen (secondary N) is 1. The van der Waals surface area contributed by atoms with Crippen molar-refractivity contribution in [1.82, 2.24) is 5.32 Å². The van der Waals surface area contributed by atoms with E-state index in [2.05, 4.69) is 5.32 Å². The Morgan fingerprint density at radius 2 is 1.92 bits per heavy atom. The van der Waals surface area contributed by atoms with Crippen molar-refractivity contribution in [3.05, 3.63) is 23.8 Å². The predicted octanol–water partition coefficient (Wildman–Crippen LogP) is 2.44. The summed E-state index contributed by atoms with van der Waals surface area (Å²) >= 11 is 0. The monoisotopic (exact) mass is 349 g/mol. The van der Waals surface area contributed by atoms with Gasteiger partial charge in [0.15, 0.2) is 11.5 Å². The molecule has 138 valence electrons. The number of amides is 1. The Labute approximate surface area is 148 Å². The number of methoxy groups -OCH3 is 1. The zero-order chi connectivity index (χ0) is 17.5. The summed E-state index contributed by atoms with van der Waals surface area (Å²) in [7, 11) is 1.62. The molecule has 2 heterocycles. The average molecular weight is 349 g/mol. The maximum atomic E-state index is 12.0. The molecule has 0 aromatic heterocycles. The third kappa shape index (κ3) is 5.34. The first kappa shape index (κ1) is 18.0. The average Bonchev–Trinajstić information content (AvgIpc) is 3.32. The zero-order valence-corrected chi connectivity index (χ0v) is 14.8. The topological polar surface area (TPSA) is 66.0 Å². The van der Waals surface area contributed by atoms with Crippen LogP contribution < -0.4 is 14.8 Å². The molecule has 2 saturated heterocycles. The molecule has 0 saturated carbocycles. The van der Waals surface area contributed by atoms with Crippen LogP contribution in [0.3, 0.4) is 0 Å². The minimum absolute atomic E-state index is 0.0181. The lowest BCUT2D eigenvalue weighted by Crippen LogP contribution is -2.26.